The summed E-state index contributed by atoms with van der Waals surface area (Å²) < 4.78 is 4.81. The molecule has 0 bridgehead atoms. The molecule has 0 saturated carbocycles. The van der Waals surface area contributed by atoms with E-state index in [2.05, 4.69) is 0 Å². The Balaban J connectivity index is 2.18. The zero-order valence-corrected chi connectivity index (χ0v) is 10.7. The van der Waals surface area contributed by atoms with Gasteiger partial charge in [0.05, 0.1) is 13.2 Å². The summed E-state index contributed by atoms with van der Waals surface area (Å²) >= 11 is 0. The molecule has 1 aromatic rings. The van der Waals surface area contributed by atoms with Crippen LogP contribution in [-0.4, -0.2) is 41.8 Å². The topological polar surface area (TPSA) is 49.8 Å². The highest BCUT2D eigenvalue weighted by Crippen LogP contribution is 2.29. The second-order valence-electron chi connectivity index (χ2n) is 4.71. The number of likely N-dealkylation sites (tertiary alicyclic amines) is 1. The van der Waals surface area contributed by atoms with E-state index in [1.54, 1.807) is 0 Å². The van der Waals surface area contributed by atoms with Crippen molar-refractivity contribution < 1.29 is 14.6 Å². The van der Waals surface area contributed by atoms with Gasteiger partial charge >= 0.3 is 5.97 Å². The van der Waals surface area contributed by atoms with Crippen molar-refractivity contribution in [2.24, 2.45) is 0 Å². The molecule has 4 nitrogen and oxygen atoms in total. The summed E-state index contributed by atoms with van der Waals surface area (Å²) in [5.74, 6) is -0.269. The molecule has 0 aliphatic carbocycles. The molecule has 0 unspecified atom stereocenters. The van der Waals surface area contributed by atoms with Crippen molar-refractivity contribution in [2.45, 2.75) is 31.5 Å². The Kier molecular flexibility index (Phi) is 3.99. The Bertz CT molecular complexity index is 407. The van der Waals surface area contributed by atoms with Crippen molar-refractivity contribution in [3.63, 3.8) is 0 Å². The van der Waals surface area contributed by atoms with Gasteiger partial charge in [-0.2, -0.15) is 0 Å². The smallest absolute Gasteiger partial charge is 0.323 e. The number of esters is 1. The van der Waals surface area contributed by atoms with E-state index in [1.165, 1.54) is 7.11 Å². The van der Waals surface area contributed by atoms with E-state index in [0.29, 0.717) is 13.0 Å². The van der Waals surface area contributed by atoms with Gasteiger partial charge in [-0.3, -0.25) is 9.69 Å². The molecule has 0 spiro atoms. The maximum atomic E-state index is 11.7. The second kappa shape index (κ2) is 5.50. The monoisotopic (exact) mass is 249 g/mol. The van der Waals surface area contributed by atoms with Crippen molar-refractivity contribution in [3.8, 4) is 0 Å². The van der Waals surface area contributed by atoms with E-state index in [4.69, 9.17) is 4.74 Å². The lowest BCUT2D eigenvalue weighted by Crippen LogP contribution is -2.38. The Morgan fingerprint density at radius 2 is 2.11 bits per heavy atom. The zero-order valence-electron chi connectivity index (χ0n) is 10.7. The van der Waals surface area contributed by atoms with Gasteiger partial charge in [-0.15, -0.1) is 0 Å². The molecule has 18 heavy (non-hydrogen) atoms. The fraction of sp³-hybridized carbons (Fsp3) is 0.500. The molecule has 1 saturated heterocycles. The summed E-state index contributed by atoms with van der Waals surface area (Å²) in [7, 11) is 1.39. The van der Waals surface area contributed by atoms with E-state index in [9.17, 15) is 9.90 Å². The lowest BCUT2D eigenvalue weighted by atomic mass is 10.1. The largest absolute Gasteiger partial charge is 0.468 e. The normalized spacial score (nSPS) is 25.9. The molecule has 1 heterocycles. The highest BCUT2D eigenvalue weighted by atomic mass is 16.5. The number of hydrogen-bond donors (Lipinski definition) is 1. The van der Waals surface area contributed by atoms with E-state index in [1.807, 2.05) is 42.2 Å². The van der Waals surface area contributed by atoms with Crippen LogP contribution in [0, 0.1) is 0 Å². The lowest BCUT2D eigenvalue weighted by molar-refractivity contribution is -0.146. The van der Waals surface area contributed by atoms with Gasteiger partial charge in [-0.1, -0.05) is 30.3 Å². The molecule has 1 N–H and O–H groups in total. The van der Waals surface area contributed by atoms with Crippen molar-refractivity contribution >= 4 is 5.97 Å². The van der Waals surface area contributed by atoms with Gasteiger partial charge in [0.1, 0.15) is 6.04 Å². The van der Waals surface area contributed by atoms with Gasteiger partial charge in [0, 0.05) is 19.0 Å². The Labute approximate surface area is 107 Å². The predicted molar refractivity (Wildman–Crippen MR) is 68.0 cm³/mol. The third-order valence-corrected chi connectivity index (χ3v) is 3.57. The van der Waals surface area contributed by atoms with Crippen LogP contribution in [-0.2, 0) is 9.53 Å². The van der Waals surface area contributed by atoms with Crippen LogP contribution in [0.3, 0.4) is 0 Å². The maximum absolute atomic E-state index is 11.7. The highest BCUT2D eigenvalue weighted by molar-refractivity contribution is 5.76. The summed E-state index contributed by atoms with van der Waals surface area (Å²) in [5, 5.41) is 9.76. The second-order valence-corrected chi connectivity index (χ2v) is 4.71. The predicted octanol–water partition coefficient (Wildman–Crippen LogP) is 1.36. The van der Waals surface area contributed by atoms with Gasteiger partial charge in [0.25, 0.3) is 0 Å². The molecular weight excluding hydrogens is 230 g/mol. The molecule has 98 valence electrons. The SMILES string of the molecule is COC(=O)[C@H]1C[C@@H](O)CN1[C@@H](C)c1ccccc1. The molecule has 0 aromatic heterocycles. The molecule has 1 aliphatic heterocycles. The number of aliphatic hydroxyl groups excluding tert-OH is 1. The Morgan fingerprint density at radius 3 is 2.72 bits per heavy atom. The molecule has 0 amide bonds. The van der Waals surface area contributed by atoms with E-state index >= 15 is 0 Å². The van der Waals surface area contributed by atoms with Gasteiger partial charge in [0.2, 0.25) is 0 Å². The average Bonchev–Trinajstić information content (AvgIpc) is 2.80. The van der Waals surface area contributed by atoms with Crippen LogP contribution in [0.25, 0.3) is 0 Å². The summed E-state index contributed by atoms with van der Waals surface area (Å²) in [5.41, 5.74) is 1.14. The fourth-order valence-corrected chi connectivity index (χ4v) is 2.56. The number of carbonyl (C=O) groups is 1. The average molecular weight is 249 g/mol. The van der Waals surface area contributed by atoms with Crippen molar-refractivity contribution in [1.82, 2.24) is 4.90 Å². The summed E-state index contributed by atoms with van der Waals surface area (Å²) in [6.45, 7) is 2.55. The molecular formula is C14H19NO3. The van der Waals surface area contributed by atoms with E-state index < -0.39 is 6.10 Å². The quantitative estimate of drug-likeness (QED) is 0.822. The first-order chi connectivity index (χ1) is 8.63. The number of rotatable bonds is 3. The molecule has 4 heteroatoms. The Hall–Kier alpha value is -1.39. The highest BCUT2D eigenvalue weighted by Gasteiger charge is 2.39. The first kappa shape index (κ1) is 13.1. The molecule has 3 atom stereocenters. The minimum Gasteiger partial charge on any atom is -0.468 e. The third kappa shape index (κ3) is 2.54. The molecule has 2 rings (SSSR count). The van der Waals surface area contributed by atoms with Crippen LogP contribution in [0.4, 0.5) is 0 Å². The van der Waals surface area contributed by atoms with Crippen LogP contribution in [0.2, 0.25) is 0 Å². The molecule has 1 aliphatic rings. The summed E-state index contributed by atoms with van der Waals surface area (Å²) in [6.07, 6.45) is -0.00983. The number of benzene rings is 1. The number of nitrogens with zero attached hydrogens (tertiary/aromatic N) is 1. The molecule has 1 aromatic carbocycles. The summed E-state index contributed by atoms with van der Waals surface area (Å²) in [4.78, 5) is 13.7. The number of ether oxygens (including phenoxy) is 1. The minimum atomic E-state index is -0.458. The van der Waals surface area contributed by atoms with Crippen LogP contribution >= 0.6 is 0 Å². The standard InChI is InChI=1S/C14H19NO3/c1-10(11-6-4-3-5-7-11)15-9-12(16)8-13(15)14(17)18-2/h3-7,10,12-13,16H,8-9H2,1-2H3/t10-,12+,13+/m0/s1. The fourth-order valence-electron chi connectivity index (χ4n) is 2.56. The first-order valence-electron chi connectivity index (χ1n) is 6.20. The third-order valence-electron chi connectivity index (χ3n) is 3.57. The van der Waals surface area contributed by atoms with Crippen LogP contribution in [0.15, 0.2) is 30.3 Å². The van der Waals surface area contributed by atoms with Crippen molar-refractivity contribution in [1.29, 1.82) is 0 Å². The van der Waals surface area contributed by atoms with E-state index in [-0.39, 0.29) is 18.1 Å². The van der Waals surface area contributed by atoms with Gasteiger partial charge in [-0.25, -0.2) is 0 Å². The van der Waals surface area contributed by atoms with Crippen molar-refractivity contribution in [3.05, 3.63) is 35.9 Å². The molecule has 1 fully saturated rings. The van der Waals surface area contributed by atoms with Crippen LogP contribution < -0.4 is 0 Å². The minimum absolute atomic E-state index is 0.0902. The number of hydrogen-bond acceptors (Lipinski definition) is 4. The van der Waals surface area contributed by atoms with Gasteiger partial charge in [0.15, 0.2) is 0 Å². The first-order valence-corrected chi connectivity index (χ1v) is 6.20. The lowest BCUT2D eigenvalue weighted by Gasteiger charge is -2.29. The number of carbonyl (C=O) groups excluding carboxylic acids is 1. The Morgan fingerprint density at radius 1 is 1.44 bits per heavy atom. The zero-order chi connectivity index (χ0) is 13.1. The summed E-state index contributed by atoms with van der Waals surface area (Å²) in [6, 6.07) is 9.73. The number of methoxy groups -OCH3 is 1. The number of β-amino-alcohol motifs (C(OH)–C–C–N with tert-alkyl or cyclic N) is 1. The van der Waals surface area contributed by atoms with Gasteiger partial charge < -0.3 is 9.84 Å². The van der Waals surface area contributed by atoms with Crippen molar-refractivity contribution in [2.75, 3.05) is 13.7 Å². The maximum Gasteiger partial charge on any atom is 0.323 e. The van der Waals surface area contributed by atoms with E-state index in [0.717, 1.165) is 5.56 Å². The van der Waals surface area contributed by atoms with Gasteiger partial charge in [-0.05, 0) is 12.5 Å². The van der Waals surface area contributed by atoms with Crippen LogP contribution in [0.1, 0.15) is 24.9 Å². The van der Waals surface area contributed by atoms with Crippen LogP contribution in [0.5, 0.6) is 0 Å². The number of aliphatic hydroxyl groups is 1. The molecule has 0 radical (unpaired) electrons.